The molecule has 0 fully saturated rings. The zero-order chi connectivity index (χ0) is 13.7. The summed E-state index contributed by atoms with van der Waals surface area (Å²) in [4.78, 5) is 25.2. The molecule has 0 atom stereocenters. The van der Waals surface area contributed by atoms with Gasteiger partial charge in [-0.3, -0.25) is 10.1 Å². The van der Waals surface area contributed by atoms with Gasteiger partial charge in [-0.05, 0) is 12.1 Å². The van der Waals surface area contributed by atoms with Crippen molar-refractivity contribution in [3.8, 4) is 5.75 Å². The van der Waals surface area contributed by atoms with E-state index in [0.717, 1.165) is 0 Å². The summed E-state index contributed by atoms with van der Waals surface area (Å²) in [5, 5.41) is 12.2. The average molecular weight is 280 g/mol. The summed E-state index contributed by atoms with van der Waals surface area (Å²) in [7, 11) is 0. The van der Waals surface area contributed by atoms with Crippen molar-refractivity contribution < 1.29 is 19.2 Å². The third-order valence-electron chi connectivity index (χ3n) is 2.07. The van der Waals surface area contributed by atoms with Crippen LogP contribution < -0.4 is 4.74 Å². The lowest BCUT2D eigenvalue weighted by Crippen LogP contribution is -2.10. The van der Waals surface area contributed by atoms with E-state index in [1.54, 1.807) is 10.9 Å². The Bertz CT molecular complexity index is 567. The minimum Gasteiger partial charge on any atom is -0.427 e. The SMILES string of the molecule is O=C(OCc1cscn1)Oc1ccc([N+](=O)[O-])cc1. The molecule has 0 aliphatic rings. The third-order valence-corrected chi connectivity index (χ3v) is 2.71. The van der Waals surface area contributed by atoms with E-state index in [0.29, 0.717) is 5.69 Å². The van der Waals surface area contributed by atoms with Crippen LogP contribution in [-0.4, -0.2) is 16.1 Å². The molecule has 1 heterocycles. The zero-order valence-corrected chi connectivity index (χ0v) is 10.3. The highest BCUT2D eigenvalue weighted by molar-refractivity contribution is 7.07. The van der Waals surface area contributed by atoms with Gasteiger partial charge in [-0.2, -0.15) is 0 Å². The summed E-state index contributed by atoms with van der Waals surface area (Å²) in [6, 6.07) is 5.12. The maximum absolute atomic E-state index is 11.3. The molecule has 19 heavy (non-hydrogen) atoms. The Labute approximate surface area is 111 Å². The first-order chi connectivity index (χ1) is 9.15. The zero-order valence-electron chi connectivity index (χ0n) is 9.52. The van der Waals surface area contributed by atoms with Crippen LogP contribution in [0.1, 0.15) is 5.69 Å². The van der Waals surface area contributed by atoms with Gasteiger partial charge in [0.25, 0.3) is 5.69 Å². The van der Waals surface area contributed by atoms with E-state index in [9.17, 15) is 14.9 Å². The van der Waals surface area contributed by atoms with Crippen molar-refractivity contribution in [2.45, 2.75) is 6.61 Å². The number of hydrogen-bond acceptors (Lipinski definition) is 7. The van der Waals surface area contributed by atoms with Gasteiger partial charge in [0.05, 0.1) is 16.1 Å². The molecule has 98 valence electrons. The topological polar surface area (TPSA) is 91.6 Å². The molecule has 0 aliphatic carbocycles. The molecule has 0 bridgehead atoms. The fraction of sp³-hybridized carbons (Fsp3) is 0.0909. The van der Waals surface area contributed by atoms with Gasteiger partial charge in [0.15, 0.2) is 0 Å². The quantitative estimate of drug-likeness (QED) is 0.370. The molecule has 2 rings (SSSR count). The fourth-order valence-electron chi connectivity index (χ4n) is 1.20. The van der Waals surface area contributed by atoms with Gasteiger partial charge in [-0.15, -0.1) is 11.3 Å². The molecule has 0 radical (unpaired) electrons. The molecular formula is C11H8N2O5S. The van der Waals surface area contributed by atoms with E-state index in [1.807, 2.05) is 0 Å². The van der Waals surface area contributed by atoms with Gasteiger partial charge < -0.3 is 9.47 Å². The Morgan fingerprint density at radius 1 is 1.37 bits per heavy atom. The second-order valence-electron chi connectivity index (χ2n) is 3.37. The first-order valence-corrected chi connectivity index (χ1v) is 6.05. The Morgan fingerprint density at radius 2 is 2.11 bits per heavy atom. The lowest BCUT2D eigenvalue weighted by Gasteiger charge is -2.04. The normalized spacial score (nSPS) is 9.89. The van der Waals surface area contributed by atoms with Crippen LogP contribution in [0.4, 0.5) is 10.5 Å². The van der Waals surface area contributed by atoms with Crippen molar-refractivity contribution in [2.24, 2.45) is 0 Å². The fourth-order valence-corrected chi connectivity index (χ4v) is 1.75. The number of thiazole rings is 1. The lowest BCUT2D eigenvalue weighted by molar-refractivity contribution is -0.384. The number of nitrogens with zero attached hydrogens (tertiary/aromatic N) is 2. The van der Waals surface area contributed by atoms with Crippen LogP contribution in [0, 0.1) is 10.1 Å². The summed E-state index contributed by atoms with van der Waals surface area (Å²) in [5.74, 6) is 0.175. The number of aromatic nitrogens is 1. The molecule has 0 amide bonds. The molecular weight excluding hydrogens is 272 g/mol. The summed E-state index contributed by atoms with van der Waals surface area (Å²) in [6.45, 7) is 0.0231. The first kappa shape index (κ1) is 13.0. The van der Waals surface area contributed by atoms with Gasteiger partial charge in [0.2, 0.25) is 0 Å². The number of hydrogen-bond donors (Lipinski definition) is 0. The van der Waals surface area contributed by atoms with Crippen LogP contribution in [0.5, 0.6) is 5.75 Å². The largest absolute Gasteiger partial charge is 0.514 e. The maximum Gasteiger partial charge on any atom is 0.514 e. The molecule has 0 spiro atoms. The molecule has 8 heteroatoms. The van der Waals surface area contributed by atoms with E-state index < -0.39 is 11.1 Å². The molecule has 2 aromatic rings. The molecule has 0 saturated heterocycles. The Balaban J connectivity index is 1.86. The second kappa shape index (κ2) is 5.91. The summed E-state index contributed by atoms with van der Waals surface area (Å²) >= 11 is 1.39. The molecule has 0 N–H and O–H groups in total. The summed E-state index contributed by atoms with van der Waals surface area (Å²) < 4.78 is 9.66. The average Bonchev–Trinajstić information content (AvgIpc) is 2.90. The predicted molar refractivity (Wildman–Crippen MR) is 66.0 cm³/mol. The predicted octanol–water partition coefficient (Wildman–Crippen LogP) is 2.77. The van der Waals surface area contributed by atoms with E-state index >= 15 is 0 Å². The molecule has 0 saturated carbocycles. The summed E-state index contributed by atoms with van der Waals surface area (Å²) in [6.07, 6.45) is -0.887. The van der Waals surface area contributed by atoms with Crippen molar-refractivity contribution in [1.29, 1.82) is 0 Å². The monoisotopic (exact) mass is 280 g/mol. The van der Waals surface area contributed by atoms with Crippen LogP contribution in [0.15, 0.2) is 35.2 Å². The van der Waals surface area contributed by atoms with Gasteiger partial charge >= 0.3 is 6.16 Å². The van der Waals surface area contributed by atoms with Crippen LogP contribution in [0.2, 0.25) is 0 Å². The smallest absolute Gasteiger partial charge is 0.427 e. The molecule has 7 nitrogen and oxygen atoms in total. The van der Waals surface area contributed by atoms with Gasteiger partial charge in [-0.1, -0.05) is 0 Å². The third kappa shape index (κ3) is 3.75. The highest BCUT2D eigenvalue weighted by atomic mass is 32.1. The maximum atomic E-state index is 11.3. The number of nitro benzene ring substituents is 1. The molecule has 0 aliphatic heterocycles. The van der Waals surface area contributed by atoms with E-state index in [2.05, 4.69) is 4.98 Å². The molecule has 0 unspecified atom stereocenters. The van der Waals surface area contributed by atoms with E-state index in [1.165, 1.54) is 35.6 Å². The number of non-ortho nitro benzene ring substituents is 1. The number of carbonyl (C=O) groups is 1. The minimum atomic E-state index is -0.887. The number of ether oxygens (including phenoxy) is 2. The van der Waals surface area contributed by atoms with E-state index in [4.69, 9.17) is 9.47 Å². The highest BCUT2D eigenvalue weighted by Gasteiger charge is 2.09. The minimum absolute atomic E-state index is 0.0231. The van der Waals surface area contributed by atoms with Crippen LogP contribution >= 0.6 is 11.3 Å². The van der Waals surface area contributed by atoms with Gasteiger partial charge in [0, 0.05) is 17.5 Å². The Hall–Kier alpha value is -2.48. The first-order valence-electron chi connectivity index (χ1n) is 5.11. The number of benzene rings is 1. The number of nitro groups is 1. The van der Waals surface area contributed by atoms with Crippen molar-refractivity contribution in [1.82, 2.24) is 4.98 Å². The second-order valence-corrected chi connectivity index (χ2v) is 4.09. The molecule has 1 aromatic heterocycles. The van der Waals surface area contributed by atoms with Crippen LogP contribution in [0.25, 0.3) is 0 Å². The summed E-state index contributed by atoms with van der Waals surface area (Å²) in [5.41, 5.74) is 2.18. The standard InChI is InChI=1S/C11H8N2O5S/c14-11(17-5-8-6-19-7-12-8)18-10-3-1-9(2-4-10)13(15)16/h1-4,6-7H,5H2. The van der Waals surface area contributed by atoms with Crippen molar-refractivity contribution >= 4 is 23.2 Å². The Morgan fingerprint density at radius 3 is 2.68 bits per heavy atom. The van der Waals surface area contributed by atoms with Crippen LogP contribution in [-0.2, 0) is 11.3 Å². The lowest BCUT2D eigenvalue weighted by atomic mass is 10.3. The van der Waals surface area contributed by atoms with Crippen LogP contribution in [0.3, 0.4) is 0 Å². The van der Waals surface area contributed by atoms with Gasteiger partial charge in [-0.25, -0.2) is 9.78 Å². The van der Waals surface area contributed by atoms with Crippen molar-refractivity contribution in [2.75, 3.05) is 0 Å². The molecule has 1 aromatic carbocycles. The number of carbonyl (C=O) groups excluding carboxylic acids is 1. The highest BCUT2D eigenvalue weighted by Crippen LogP contribution is 2.17. The van der Waals surface area contributed by atoms with E-state index in [-0.39, 0.29) is 18.0 Å². The number of rotatable bonds is 4. The van der Waals surface area contributed by atoms with Crippen molar-refractivity contribution in [3.63, 3.8) is 0 Å². The van der Waals surface area contributed by atoms with Gasteiger partial charge in [0.1, 0.15) is 12.4 Å². The van der Waals surface area contributed by atoms with Crippen molar-refractivity contribution in [3.05, 3.63) is 51.0 Å². The Kier molecular flexibility index (Phi) is 4.04.